The van der Waals surface area contributed by atoms with Crippen LogP contribution in [0.1, 0.15) is 40.7 Å². The first kappa shape index (κ1) is 17.6. The third kappa shape index (κ3) is 3.29. The molecule has 1 atom stereocenters. The summed E-state index contributed by atoms with van der Waals surface area (Å²) in [5.41, 5.74) is 4.72. The Morgan fingerprint density at radius 3 is 2.67 bits per heavy atom. The lowest BCUT2D eigenvalue weighted by atomic mass is 9.96. The van der Waals surface area contributed by atoms with E-state index in [9.17, 15) is 9.59 Å². The predicted molar refractivity (Wildman–Crippen MR) is 107 cm³/mol. The fourth-order valence-corrected chi connectivity index (χ4v) is 3.99. The van der Waals surface area contributed by atoms with Crippen molar-refractivity contribution in [1.82, 2.24) is 5.32 Å². The van der Waals surface area contributed by atoms with E-state index in [-0.39, 0.29) is 17.9 Å². The number of carbonyl (C=O) groups excluding carboxylic acids is 2. The number of rotatable bonds is 3. The van der Waals surface area contributed by atoms with E-state index in [1.807, 2.05) is 49.4 Å². The molecule has 0 aliphatic carbocycles. The molecule has 1 N–H and O–H groups in total. The van der Waals surface area contributed by atoms with Crippen LogP contribution in [0.25, 0.3) is 0 Å². The molecule has 5 heteroatoms. The number of carbonyl (C=O) groups is 2. The van der Waals surface area contributed by atoms with Crippen LogP contribution in [-0.2, 0) is 11.3 Å². The summed E-state index contributed by atoms with van der Waals surface area (Å²) in [6.07, 6.45) is 3.10. The molecule has 0 aromatic heterocycles. The Balaban J connectivity index is 1.54. The van der Waals surface area contributed by atoms with Gasteiger partial charge in [-0.2, -0.15) is 0 Å². The van der Waals surface area contributed by atoms with Crippen molar-refractivity contribution in [1.29, 1.82) is 0 Å². The largest absolute Gasteiger partial charge is 0.358 e. The number of nitrogens with one attached hydrogen (secondary N) is 1. The third-order valence-corrected chi connectivity index (χ3v) is 5.60. The lowest BCUT2D eigenvalue weighted by molar-refractivity contribution is -0.120. The van der Waals surface area contributed by atoms with E-state index in [1.165, 1.54) is 5.56 Å². The molecule has 5 nitrogen and oxygen atoms in total. The van der Waals surface area contributed by atoms with Crippen LogP contribution < -0.4 is 15.1 Å². The molecule has 0 bridgehead atoms. The molecular weight excluding hydrogens is 338 g/mol. The third-order valence-electron chi connectivity index (χ3n) is 5.60. The molecule has 0 unspecified atom stereocenters. The maximum Gasteiger partial charge on any atom is 0.251 e. The topological polar surface area (TPSA) is 52.7 Å². The van der Waals surface area contributed by atoms with E-state index in [4.69, 9.17) is 0 Å². The molecule has 1 fully saturated rings. The van der Waals surface area contributed by atoms with E-state index < -0.39 is 0 Å². The van der Waals surface area contributed by atoms with Gasteiger partial charge in [0.25, 0.3) is 5.91 Å². The molecule has 27 heavy (non-hydrogen) atoms. The Labute approximate surface area is 160 Å². The number of likely N-dealkylation sites (N-methyl/N-ethyl adjacent to an activating group) is 1. The standard InChI is InChI=1S/C22H25N3O2/c1-15-6-8-16(9-7-15)14-23-21(26)17-10-11-18-20(13-17)24(2)22(27)19-5-3-4-12-25(18)19/h6-11,13,19H,3-5,12,14H2,1-2H3,(H,23,26)/t19-/m0/s1. The van der Waals surface area contributed by atoms with Gasteiger partial charge in [-0.3, -0.25) is 9.59 Å². The van der Waals surface area contributed by atoms with E-state index in [0.29, 0.717) is 12.1 Å². The Morgan fingerprint density at radius 1 is 1.11 bits per heavy atom. The summed E-state index contributed by atoms with van der Waals surface area (Å²) in [6.45, 7) is 3.43. The second-order valence-electron chi connectivity index (χ2n) is 7.47. The van der Waals surface area contributed by atoms with Gasteiger partial charge in [-0.05, 0) is 49.9 Å². The average molecular weight is 363 g/mol. The molecule has 0 spiro atoms. The maximum absolute atomic E-state index is 12.7. The average Bonchev–Trinajstić information content (AvgIpc) is 2.71. The van der Waals surface area contributed by atoms with Crippen LogP contribution in [-0.4, -0.2) is 31.4 Å². The minimum Gasteiger partial charge on any atom is -0.358 e. The van der Waals surface area contributed by atoms with Crippen molar-refractivity contribution >= 4 is 23.2 Å². The van der Waals surface area contributed by atoms with Gasteiger partial charge >= 0.3 is 0 Å². The minimum atomic E-state index is -0.125. The molecule has 2 heterocycles. The summed E-state index contributed by atoms with van der Waals surface area (Å²) in [7, 11) is 1.81. The van der Waals surface area contributed by atoms with Crippen molar-refractivity contribution in [3.05, 3.63) is 59.2 Å². The first-order chi connectivity index (χ1) is 13.0. The van der Waals surface area contributed by atoms with Gasteiger partial charge in [-0.15, -0.1) is 0 Å². The Kier molecular flexibility index (Phi) is 4.60. The Morgan fingerprint density at radius 2 is 1.89 bits per heavy atom. The van der Waals surface area contributed by atoms with E-state index in [0.717, 1.165) is 42.7 Å². The van der Waals surface area contributed by atoms with Gasteiger partial charge in [-0.1, -0.05) is 29.8 Å². The Bertz CT molecular complexity index is 876. The Hall–Kier alpha value is -2.82. The van der Waals surface area contributed by atoms with Crippen molar-refractivity contribution in [3.8, 4) is 0 Å². The molecule has 2 aliphatic heterocycles. The second kappa shape index (κ2) is 7.06. The summed E-state index contributed by atoms with van der Waals surface area (Å²) in [5.74, 6) is -0.000551. The molecule has 2 aromatic carbocycles. The molecule has 2 aromatic rings. The van der Waals surface area contributed by atoms with Gasteiger partial charge in [0.15, 0.2) is 0 Å². The van der Waals surface area contributed by atoms with Crippen molar-refractivity contribution in [2.45, 2.75) is 38.8 Å². The zero-order valence-corrected chi connectivity index (χ0v) is 15.9. The monoisotopic (exact) mass is 363 g/mol. The van der Waals surface area contributed by atoms with Crippen LogP contribution in [0.3, 0.4) is 0 Å². The highest BCUT2D eigenvalue weighted by molar-refractivity contribution is 6.07. The molecule has 2 aliphatic rings. The van der Waals surface area contributed by atoms with Gasteiger partial charge in [0.2, 0.25) is 5.91 Å². The highest BCUT2D eigenvalue weighted by Gasteiger charge is 2.37. The first-order valence-electron chi connectivity index (χ1n) is 9.56. The number of amides is 2. The number of hydrogen-bond acceptors (Lipinski definition) is 3. The van der Waals surface area contributed by atoms with Crippen LogP contribution in [0, 0.1) is 6.92 Å². The fraction of sp³-hybridized carbons (Fsp3) is 0.364. The zero-order chi connectivity index (χ0) is 19.0. The van der Waals surface area contributed by atoms with Crippen molar-refractivity contribution in [2.24, 2.45) is 0 Å². The molecule has 0 saturated carbocycles. The summed E-state index contributed by atoms with van der Waals surface area (Å²) >= 11 is 0. The normalized spacial score (nSPS) is 18.7. The van der Waals surface area contributed by atoms with Crippen LogP contribution in [0.15, 0.2) is 42.5 Å². The summed E-state index contributed by atoms with van der Waals surface area (Å²) in [6, 6.07) is 13.7. The zero-order valence-electron chi connectivity index (χ0n) is 15.9. The number of benzene rings is 2. The van der Waals surface area contributed by atoms with Gasteiger partial charge < -0.3 is 15.1 Å². The minimum absolute atomic E-state index is 0.0579. The van der Waals surface area contributed by atoms with Crippen molar-refractivity contribution < 1.29 is 9.59 Å². The SMILES string of the molecule is Cc1ccc(CNC(=O)c2ccc3c(c2)N(C)C(=O)[C@@H]2CCCCN32)cc1. The summed E-state index contributed by atoms with van der Waals surface area (Å²) < 4.78 is 0. The quantitative estimate of drug-likeness (QED) is 0.911. The van der Waals surface area contributed by atoms with Gasteiger partial charge in [0.05, 0.1) is 11.4 Å². The lowest BCUT2D eigenvalue weighted by Crippen LogP contribution is -2.54. The van der Waals surface area contributed by atoms with E-state index in [1.54, 1.807) is 11.9 Å². The maximum atomic E-state index is 12.7. The van der Waals surface area contributed by atoms with Gasteiger partial charge in [0.1, 0.15) is 6.04 Å². The van der Waals surface area contributed by atoms with Crippen LogP contribution >= 0.6 is 0 Å². The number of fused-ring (bicyclic) bond motifs is 3. The number of hydrogen-bond donors (Lipinski definition) is 1. The predicted octanol–water partition coefficient (Wildman–Crippen LogP) is 3.26. The molecule has 2 amide bonds. The fourth-order valence-electron chi connectivity index (χ4n) is 3.99. The van der Waals surface area contributed by atoms with E-state index in [2.05, 4.69) is 10.2 Å². The number of anilines is 2. The summed E-state index contributed by atoms with van der Waals surface area (Å²) in [5, 5.41) is 2.97. The van der Waals surface area contributed by atoms with Crippen LogP contribution in [0.4, 0.5) is 11.4 Å². The summed E-state index contributed by atoms with van der Waals surface area (Å²) in [4.78, 5) is 29.2. The van der Waals surface area contributed by atoms with Crippen molar-refractivity contribution in [2.75, 3.05) is 23.4 Å². The molecule has 4 rings (SSSR count). The smallest absolute Gasteiger partial charge is 0.251 e. The highest BCUT2D eigenvalue weighted by Crippen LogP contribution is 2.39. The van der Waals surface area contributed by atoms with Crippen molar-refractivity contribution in [3.63, 3.8) is 0 Å². The number of nitrogens with zero attached hydrogens (tertiary/aromatic N) is 2. The molecule has 0 radical (unpaired) electrons. The second-order valence-corrected chi connectivity index (χ2v) is 7.47. The number of aryl methyl sites for hydroxylation is 1. The molecular formula is C22H25N3O2. The van der Waals surface area contributed by atoms with Gasteiger partial charge in [0, 0.05) is 25.7 Å². The molecule has 1 saturated heterocycles. The van der Waals surface area contributed by atoms with Gasteiger partial charge in [-0.25, -0.2) is 0 Å². The first-order valence-corrected chi connectivity index (χ1v) is 9.56. The van der Waals surface area contributed by atoms with Crippen LogP contribution in [0.2, 0.25) is 0 Å². The number of piperidine rings is 1. The molecule has 140 valence electrons. The highest BCUT2D eigenvalue weighted by atomic mass is 16.2. The van der Waals surface area contributed by atoms with Crippen LogP contribution in [0.5, 0.6) is 0 Å². The lowest BCUT2D eigenvalue weighted by Gasteiger charge is -2.44. The van der Waals surface area contributed by atoms with E-state index >= 15 is 0 Å².